The second kappa shape index (κ2) is 11.2. The third-order valence-corrected chi connectivity index (χ3v) is 7.52. The highest BCUT2D eigenvalue weighted by atomic mass is 16.6. The van der Waals surface area contributed by atoms with E-state index >= 15 is 0 Å². The fraction of sp³-hybridized carbons (Fsp3) is 0.517. The Hall–Kier alpha value is -2.66. The Morgan fingerprint density at radius 2 is 1.85 bits per heavy atom. The standard InChI is InChI=1S/C29H38N2O3/c1-4-23-15-25(11-12-26(23)16-31-17-27(18-31)29(32)33)21(3)30-34-19-22-10-13-28(20(2)14-22)24-8-6-5-7-9-24/h10-15,24,27H,4-9,16-19H2,1-3H3,(H,32,33). The summed E-state index contributed by atoms with van der Waals surface area (Å²) in [6, 6.07) is 13.2. The van der Waals surface area contributed by atoms with Gasteiger partial charge in [0.2, 0.25) is 0 Å². The minimum absolute atomic E-state index is 0.219. The van der Waals surface area contributed by atoms with Gasteiger partial charge in [0.05, 0.1) is 11.6 Å². The number of hydrogen-bond donors (Lipinski definition) is 1. The van der Waals surface area contributed by atoms with Gasteiger partial charge in [0.15, 0.2) is 0 Å². The van der Waals surface area contributed by atoms with Crippen molar-refractivity contribution >= 4 is 11.7 Å². The van der Waals surface area contributed by atoms with E-state index < -0.39 is 5.97 Å². The van der Waals surface area contributed by atoms with Gasteiger partial charge >= 0.3 is 5.97 Å². The van der Waals surface area contributed by atoms with E-state index in [9.17, 15) is 4.79 Å². The normalized spacial score (nSPS) is 18.0. The van der Waals surface area contributed by atoms with Crippen LogP contribution in [0.2, 0.25) is 0 Å². The molecular formula is C29H38N2O3. The van der Waals surface area contributed by atoms with Gasteiger partial charge < -0.3 is 9.94 Å². The van der Waals surface area contributed by atoms with Crippen molar-refractivity contribution < 1.29 is 14.7 Å². The van der Waals surface area contributed by atoms with Gasteiger partial charge in [-0.25, -0.2) is 0 Å². The monoisotopic (exact) mass is 462 g/mol. The molecule has 1 saturated heterocycles. The molecule has 0 bridgehead atoms. The summed E-state index contributed by atoms with van der Waals surface area (Å²) < 4.78 is 0. The molecule has 2 aromatic carbocycles. The van der Waals surface area contributed by atoms with E-state index in [1.165, 1.54) is 54.4 Å². The van der Waals surface area contributed by atoms with Gasteiger partial charge in [-0.05, 0) is 78.5 Å². The first-order chi connectivity index (χ1) is 16.4. The first-order valence-electron chi connectivity index (χ1n) is 12.8. The Kier molecular flexibility index (Phi) is 8.04. The van der Waals surface area contributed by atoms with Crippen LogP contribution in [0.15, 0.2) is 41.6 Å². The SMILES string of the molecule is CCc1cc(C(C)=NOCc2ccc(C3CCCCC3)c(C)c2)ccc1CN1CC(C(=O)O)C1. The third-order valence-electron chi connectivity index (χ3n) is 7.52. The van der Waals surface area contributed by atoms with Gasteiger partial charge in [-0.15, -0.1) is 0 Å². The van der Waals surface area contributed by atoms with Gasteiger partial charge in [-0.3, -0.25) is 9.69 Å². The topological polar surface area (TPSA) is 62.1 Å². The molecule has 0 atom stereocenters. The van der Waals surface area contributed by atoms with Crippen LogP contribution in [0.4, 0.5) is 0 Å². The zero-order valence-corrected chi connectivity index (χ0v) is 20.8. The lowest BCUT2D eigenvalue weighted by molar-refractivity contribution is -0.147. The highest BCUT2D eigenvalue weighted by Crippen LogP contribution is 2.34. The Bertz CT molecular complexity index is 1030. The summed E-state index contributed by atoms with van der Waals surface area (Å²) in [4.78, 5) is 19.0. The molecule has 1 aliphatic heterocycles. The van der Waals surface area contributed by atoms with Gasteiger partial charge in [-0.2, -0.15) is 0 Å². The Labute approximate surface area is 203 Å². The predicted molar refractivity (Wildman–Crippen MR) is 136 cm³/mol. The van der Waals surface area contributed by atoms with Gasteiger partial charge in [0.1, 0.15) is 6.61 Å². The molecule has 0 unspecified atom stereocenters. The molecule has 0 spiro atoms. The summed E-state index contributed by atoms with van der Waals surface area (Å²) in [6.07, 6.45) is 7.66. The average molecular weight is 463 g/mol. The van der Waals surface area contributed by atoms with Crippen LogP contribution in [-0.4, -0.2) is 34.8 Å². The van der Waals surface area contributed by atoms with Crippen LogP contribution in [0.5, 0.6) is 0 Å². The van der Waals surface area contributed by atoms with Crippen LogP contribution in [-0.2, 0) is 29.2 Å². The summed E-state index contributed by atoms with van der Waals surface area (Å²) in [5.41, 5.74) is 8.51. The minimum Gasteiger partial charge on any atom is -0.481 e. The minimum atomic E-state index is -0.690. The summed E-state index contributed by atoms with van der Waals surface area (Å²) in [7, 11) is 0. The highest BCUT2D eigenvalue weighted by Gasteiger charge is 2.32. The molecule has 1 saturated carbocycles. The molecule has 2 aliphatic rings. The van der Waals surface area contributed by atoms with Gasteiger partial charge in [-0.1, -0.05) is 61.7 Å². The van der Waals surface area contributed by atoms with E-state index in [2.05, 4.69) is 60.3 Å². The third kappa shape index (κ3) is 5.87. The van der Waals surface area contributed by atoms with E-state index in [4.69, 9.17) is 9.94 Å². The van der Waals surface area contributed by atoms with Crippen LogP contribution in [0.25, 0.3) is 0 Å². The van der Waals surface area contributed by atoms with Crippen molar-refractivity contribution in [2.75, 3.05) is 13.1 Å². The number of rotatable bonds is 9. The summed E-state index contributed by atoms with van der Waals surface area (Å²) >= 11 is 0. The van der Waals surface area contributed by atoms with E-state index in [0.717, 1.165) is 35.7 Å². The van der Waals surface area contributed by atoms with Crippen LogP contribution >= 0.6 is 0 Å². The molecule has 0 amide bonds. The number of likely N-dealkylation sites (tertiary alicyclic amines) is 1. The first kappa shape index (κ1) is 24.5. The Balaban J connectivity index is 1.34. The van der Waals surface area contributed by atoms with Crippen LogP contribution in [0.1, 0.15) is 85.3 Å². The molecule has 0 aromatic heterocycles. The maximum absolute atomic E-state index is 11.0. The number of oxime groups is 1. The number of carbonyl (C=O) groups is 1. The number of aryl methyl sites for hydroxylation is 2. The fourth-order valence-electron chi connectivity index (χ4n) is 5.39. The lowest BCUT2D eigenvalue weighted by Crippen LogP contribution is -2.49. The number of hydrogen-bond acceptors (Lipinski definition) is 4. The van der Waals surface area contributed by atoms with Crippen molar-refractivity contribution in [1.29, 1.82) is 0 Å². The fourth-order valence-corrected chi connectivity index (χ4v) is 5.39. The molecule has 182 valence electrons. The zero-order valence-electron chi connectivity index (χ0n) is 20.8. The maximum atomic E-state index is 11.0. The van der Waals surface area contributed by atoms with Crippen molar-refractivity contribution in [1.82, 2.24) is 4.90 Å². The van der Waals surface area contributed by atoms with E-state index in [1.807, 2.05) is 6.92 Å². The lowest BCUT2D eigenvalue weighted by atomic mass is 9.82. The van der Waals surface area contributed by atoms with Crippen LogP contribution < -0.4 is 0 Å². The highest BCUT2D eigenvalue weighted by molar-refractivity contribution is 5.98. The molecule has 2 fully saturated rings. The van der Waals surface area contributed by atoms with Crippen molar-refractivity contribution in [2.24, 2.45) is 11.1 Å². The molecule has 1 heterocycles. The second-order valence-corrected chi connectivity index (χ2v) is 10.0. The quantitative estimate of drug-likeness (QED) is 0.363. The van der Waals surface area contributed by atoms with E-state index in [0.29, 0.717) is 19.7 Å². The summed E-state index contributed by atoms with van der Waals surface area (Å²) in [5.74, 6) is -0.188. The van der Waals surface area contributed by atoms with Crippen molar-refractivity contribution in [2.45, 2.75) is 78.4 Å². The molecule has 5 nitrogen and oxygen atoms in total. The number of nitrogens with zero attached hydrogens (tertiary/aromatic N) is 2. The molecule has 2 aromatic rings. The zero-order chi connectivity index (χ0) is 24.1. The Morgan fingerprint density at radius 3 is 2.53 bits per heavy atom. The average Bonchev–Trinajstić information content (AvgIpc) is 2.81. The number of carboxylic acid groups (broad SMARTS) is 1. The van der Waals surface area contributed by atoms with Crippen molar-refractivity contribution in [3.8, 4) is 0 Å². The summed E-state index contributed by atoms with van der Waals surface area (Å²) in [5, 5.41) is 13.5. The van der Waals surface area contributed by atoms with Gasteiger partial charge in [0, 0.05) is 19.6 Å². The van der Waals surface area contributed by atoms with E-state index in [1.54, 1.807) is 0 Å². The smallest absolute Gasteiger partial charge is 0.309 e. The maximum Gasteiger partial charge on any atom is 0.309 e. The molecule has 1 N–H and O–H groups in total. The van der Waals surface area contributed by atoms with Crippen LogP contribution in [0.3, 0.4) is 0 Å². The largest absolute Gasteiger partial charge is 0.481 e. The summed E-state index contributed by atoms with van der Waals surface area (Å²) in [6.45, 7) is 8.90. The molecule has 4 rings (SSSR count). The molecule has 34 heavy (non-hydrogen) atoms. The lowest BCUT2D eigenvalue weighted by Gasteiger charge is -2.37. The van der Waals surface area contributed by atoms with Crippen molar-refractivity contribution in [3.05, 3.63) is 69.8 Å². The first-order valence-corrected chi connectivity index (χ1v) is 12.8. The number of carboxylic acids is 1. The molecular weight excluding hydrogens is 424 g/mol. The van der Waals surface area contributed by atoms with Crippen LogP contribution in [0, 0.1) is 12.8 Å². The van der Waals surface area contributed by atoms with Gasteiger partial charge in [0.25, 0.3) is 0 Å². The molecule has 5 heteroatoms. The molecule has 1 aliphatic carbocycles. The number of aliphatic carboxylic acids is 1. The molecule has 0 radical (unpaired) electrons. The van der Waals surface area contributed by atoms with Crippen molar-refractivity contribution in [3.63, 3.8) is 0 Å². The van der Waals surface area contributed by atoms with E-state index in [-0.39, 0.29) is 5.92 Å². The predicted octanol–water partition coefficient (Wildman–Crippen LogP) is 6.06. The Morgan fingerprint density at radius 1 is 1.09 bits per heavy atom. The number of benzene rings is 2. The second-order valence-electron chi connectivity index (χ2n) is 10.0.